The highest BCUT2D eigenvalue weighted by atomic mass is 16.5. The summed E-state index contributed by atoms with van der Waals surface area (Å²) in [5.41, 5.74) is 2.70. The summed E-state index contributed by atoms with van der Waals surface area (Å²) < 4.78 is 12.5. The Bertz CT molecular complexity index is 980. The summed E-state index contributed by atoms with van der Waals surface area (Å²) >= 11 is 0. The third-order valence-corrected chi connectivity index (χ3v) is 8.30. The number of nitrogens with one attached hydrogen (secondary N) is 1. The average molecular weight is 407 g/mol. The van der Waals surface area contributed by atoms with Gasteiger partial charge in [-0.1, -0.05) is 36.4 Å². The summed E-state index contributed by atoms with van der Waals surface area (Å²) in [6.07, 6.45) is 3.40. The molecule has 1 spiro atoms. The van der Waals surface area contributed by atoms with Crippen molar-refractivity contribution in [3.05, 3.63) is 59.2 Å². The monoisotopic (exact) mass is 406 g/mol. The Kier molecular flexibility index (Phi) is 4.02. The van der Waals surface area contributed by atoms with Gasteiger partial charge in [-0.15, -0.1) is 0 Å². The van der Waals surface area contributed by atoms with E-state index < -0.39 is 5.60 Å². The van der Waals surface area contributed by atoms with E-state index in [1.807, 2.05) is 6.07 Å². The summed E-state index contributed by atoms with van der Waals surface area (Å²) in [6, 6.07) is 15.2. The number of rotatable bonds is 4. The molecule has 30 heavy (non-hydrogen) atoms. The second kappa shape index (κ2) is 6.46. The highest BCUT2D eigenvalue weighted by molar-refractivity contribution is 5.63. The maximum Gasteiger partial charge on any atom is 0.165 e. The van der Waals surface area contributed by atoms with E-state index in [9.17, 15) is 5.11 Å². The number of hydrogen-bond acceptors (Lipinski definition) is 5. The number of aliphatic hydroxyl groups is 1. The van der Waals surface area contributed by atoms with Crippen LogP contribution >= 0.6 is 0 Å². The van der Waals surface area contributed by atoms with Crippen molar-refractivity contribution < 1.29 is 14.6 Å². The molecule has 5 heteroatoms. The lowest BCUT2D eigenvalue weighted by atomic mass is 9.48. The predicted molar refractivity (Wildman–Crippen MR) is 115 cm³/mol. The first-order chi connectivity index (χ1) is 14.6. The Balaban J connectivity index is 1.46. The predicted octanol–water partition coefficient (Wildman–Crippen LogP) is 2.64. The number of hydrogen-bond donors (Lipinski definition) is 2. The Morgan fingerprint density at radius 1 is 1.20 bits per heavy atom. The largest absolute Gasteiger partial charge is 0.493 e. The third-order valence-electron chi connectivity index (χ3n) is 8.30. The topological polar surface area (TPSA) is 54.0 Å². The summed E-state index contributed by atoms with van der Waals surface area (Å²) in [4.78, 5) is 2.43. The SMILES string of the molecule is COc1ccc2c3c1O[C@H]1[C@H](N(C)Cc4ccccc4)CC[C@@]4(O)[C@@H](C2)NCC[C@]314. The van der Waals surface area contributed by atoms with E-state index in [0.717, 1.165) is 50.3 Å². The fraction of sp³-hybridized carbons (Fsp3) is 0.520. The van der Waals surface area contributed by atoms with E-state index in [1.165, 1.54) is 16.7 Å². The maximum atomic E-state index is 12.2. The van der Waals surface area contributed by atoms with Gasteiger partial charge in [0.05, 0.1) is 18.1 Å². The number of nitrogens with zero attached hydrogens (tertiary/aromatic N) is 1. The first-order valence-corrected chi connectivity index (χ1v) is 11.2. The molecule has 2 bridgehead atoms. The molecule has 5 nitrogen and oxygen atoms in total. The highest BCUT2D eigenvalue weighted by Crippen LogP contribution is 2.64. The smallest absolute Gasteiger partial charge is 0.165 e. The van der Waals surface area contributed by atoms with Crippen LogP contribution in [-0.4, -0.2) is 54.5 Å². The van der Waals surface area contributed by atoms with E-state index in [1.54, 1.807) is 7.11 Å². The van der Waals surface area contributed by atoms with Crippen LogP contribution in [0.2, 0.25) is 0 Å². The first-order valence-electron chi connectivity index (χ1n) is 11.2. The van der Waals surface area contributed by atoms with Crippen molar-refractivity contribution in [2.45, 2.75) is 61.4 Å². The second-order valence-electron chi connectivity index (χ2n) is 9.53. The van der Waals surface area contributed by atoms with Crippen LogP contribution in [0, 0.1) is 0 Å². The number of likely N-dealkylation sites (N-methyl/N-ethyl adjacent to an activating group) is 1. The third kappa shape index (κ3) is 2.23. The van der Waals surface area contributed by atoms with Crippen molar-refractivity contribution >= 4 is 0 Å². The van der Waals surface area contributed by atoms with Crippen molar-refractivity contribution in [2.75, 3.05) is 20.7 Å². The van der Waals surface area contributed by atoms with Gasteiger partial charge in [-0.05, 0) is 56.5 Å². The molecule has 2 heterocycles. The van der Waals surface area contributed by atoms with Gasteiger partial charge in [0.15, 0.2) is 11.5 Å². The number of ether oxygens (including phenoxy) is 2. The van der Waals surface area contributed by atoms with Gasteiger partial charge >= 0.3 is 0 Å². The minimum Gasteiger partial charge on any atom is -0.493 e. The van der Waals surface area contributed by atoms with Crippen LogP contribution < -0.4 is 14.8 Å². The summed E-state index contributed by atoms with van der Waals surface area (Å²) in [6.45, 7) is 1.79. The van der Waals surface area contributed by atoms with Gasteiger partial charge in [0.25, 0.3) is 0 Å². The van der Waals surface area contributed by atoms with Crippen LogP contribution in [-0.2, 0) is 18.4 Å². The first kappa shape index (κ1) is 18.7. The molecular formula is C25H30N2O3. The lowest BCUT2D eigenvalue weighted by Gasteiger charge is -2.62. The molecule has 2 aliphatic carbocycles. The van der Waals surface area contributed by atoms with Crippen LogP contribution in [0.15, 0.2) is 42.5 Å². The van der Waals surface area contributed by atoms with Gasteiger partial charge in [0.2, 0.25) is 0 Å². The van der Waals surface area contributed by atoms with E-state index in [0.29, 0.717) is 0 Å². The average Bonchev–Trinajstić information content (AvgIpc) is 3.09. The fourth-order valence-electron chi connectivity index (χ4n) is 7.01. The van der Waals surface area contributed by atoms with Crippen LogP contribution in [0.5, 0.6) is 11.5 Å². The van der Waals surface area contributed by atoms with E-state index >= 15 is 0 Å². The van der Waals surface area contributed by atoms with Crippen LogP contribution in [0.25, 0.3) is 0 Å². The Hall–Kier alpha value is -2.08. The molecule has 4 aliphatic rings. The second-order valence-corrected chi connectivity index (χ2v) is 9.53. The number of piperidine rings is 1. The van der Waals surface area contributed by atoms with E-state index in [-0.39, 0.29) is 23.6 Å². The molecule has 0 aromatic heterocycles. The van der Waals surface area contributed by atoms with Crippen molar-refractivity contribution in [3.8, 4) is 11.5 Å². The molecule has 1 saturated heterocycles. The molecule has 158 valence electrons. The molecule has 2 fully saturated rings. The summed E-state index contributed by atoms with van der Waals surface area (Å²) in [7, 11) is 3.91. The molecule has 2 aromatic rings. The Morgan fingerprint density at radius 3 is 2.83 bits per heavy atom. The minimum absolute atomic E-state index is 0.0695. The highest BCUT2D eigenvalue weighted by Gasteiger charge is 2.72. The number of benzene rings is 2. The molecule has 6 rings (SSSR count). The Morgan fingerprint density at radius 2 is 2.03 bits per heavy atom. The van der Waals surface area contributed by atoms with Gasteiger partial charge in [-0.2, -0.15) is 0 Å². The quantitative estimate of drug-likeness (QED) is 0.818. The molecule has 0 amide bonds. The minimum atomic E-state index is -0.773. The molecule has 0 unspecified atom stereocenters. The van der Waals surface area contributed by atoms with Crippen LogP contribution in [0.1, 0.15) is 36.0 Å². The van der Waals surface area contributed by atoms with Crippen LogP contribution in [0.4, 0.5) is 0 Å². The summed E-state index contributed by atoms with van der Waals surface area (Å²) in [5, 5.41) is 15.8. The molecule has 2 aliphatic heterocycles. The number of methoxy groups -OCH3 is 1. The van der Waals surface area contributed by atoms with Gasteiger partial charge in [0.1, 0.15) is 6.10 Å². The van der Waals surface area contributed by atoms with E-state index in [2.05, 4.69) is 53.7 Å². The lowest BCUT2D eigenvalue weighted by molar-refractivity contribution is -0.169. The lowest BCUT2D eigenvalue weighted by Crippen LogP contribution is -2.77. The zero-order valence-corrected chi connectivity index (χ0v) is 17.7. The van der Waals surface area contributed by atoms with Crippen molar-refractivity contribution in [1.82, 2.24) is 10.2 Å². The van der Waals surface area contributed by atoms with Crippen molar-refractivity contribution in [1.29, 1.82) is 0 Å². The van der Waals surface area contributed by atoms with Crippen molar-refractivity contribution in [3.63, 3.8) is 0 Å². The van der Waals surface area contributed by atoms with Crippen molar-refractivity contribution in [2.24, 2.45) is 0 Å². The maximum absolute atomic E-state index is 12.2. The molecular weight excluding hydrogens is 376 g/mol. The molecule has 1 saturated carbocycles. The molecule has 0 radical (unpaired) electrons. The van der Waals surface area contributed by atoms with Gasteiger partial charge in [0, 0.05) is 24.2 Å². The van der Waals surface area contributed by atoms with Gasteiger partial charge in [-0.25, -0.2) is 0 Å². The van der Waals surface area contributed by atoms with Gasteiger partial charge in [-0.3, -0.25) is 4.90 Å². The van der Waals surface area contributed by atoms with E-state index in [4.69, 9.17) is 9.47 Å². The zero-order chi connectivity index (χ0) is 20.5. The molecule has 2 aromatic carbocycles. The summed E-state index contributed by atoms with van der Waals surface area (Å²) in [5.74, 6) is 1.67. The van der Waals surface area contributed by atoms with Gasteiger partial charge < -0.3 is 19.9 Å². The van der Waals surface area contributed by atoms with Crippen LogP contribution in [0.3, 0.4) is 0 Å². The Labute approximate surface area is 178 Å². The normalized spacial score (nSPS) is 35.7. The molecule has 2 N–H and O–H groups in total. The molecule has 5 atom stereocenters. The fourth-order valence-corrected chi connectivity index (χ4v) is 7.01. The zero-order valence-electron chi connectivity index (χ0n) is 17.7. The standard InChI is InChI=1S/C25H30N2O3/c1-27(15-16-6-4-3-5-7-16)18-10-11-25(28)20-14-17-8-9-19(29-2)22-21(17)24(25,12-13-26-20)23(18)30-22/h3-9,18,20,23,26,28H,10-15H2,1-2H3/t18-,20-,23+,24+,25-/m1/s1.